The zero-order valence-electron chi connectivity index (χ0n) is 17.0. The summed E-state index contributed by atoms with van der Waals surface area (Å²) in [7, 11) is 2.19. The number of carbonyl (C=O) groups excluding carboxylic acids is 1. The highest BCUT2D eigenvalue weighted by atomic mass is 16.2. The molecular formula is C22H34N4O. The minimum absolute atomic E-state index is 0.172. The molecule has 0 bridgehead atoms. The quantitative estimate of drug-likeness (QED) is 0.818. The first kappa shape index (κ1) is 18.7. The number of anilines is 1. The maximum Gasteiger partial charge on any atom is 0.226 e. The molecule has 1 atom stereocenters. The molecule has 5 heteroatoms. The van der Waals surface area contributed by atoms with Gasteiger partial charge in [-0.15, -0.1) is 0 Å². The molecule has 0 aromatic carbocycles. The van der Waals surface area contributed by atoms with E-state index in [-0.39, 0.29) is 12.0 Å². The number of aryl methyl sites for hydroxylation is 1. The second-order valence-corrected chi connectivity index (χ2v) is 8.71. The molecule has 5 nitrogen and oxygen atoms in total. The number of likely N-dealkylation sites (N-methyl/N-ethyl adjacent to an activating group) is 1. The summed E-state index contributed by atoms with van der Waals surface area (Å²) in [5.41, 5.74) is 3.45. The van der Waals surface area contributed by atoms with Crippen molar-refractivity contribution in [2.24, 2.45) is 5.92 Å². The van der Waals surface area contributed by atoms with Crippen molar-refractivity contribution >= 4 is 11.6 Å². The van der Waals surface area contributed by atoms with Crippen LogP contribution in [0.3, 0.4) is 0 Å². The Hall–Kier alpha value is -1.62. The van der Waals surface area contributed by atoms with Gasteiger partial charge in [0.2, 0.25) is 5.91 Å². The number of carbonyl (C=O) groups is 1. The van der Waals surface area contributed by atoms with Gasteiger partial charge in [-0.05, 0) is 51.8 Å². The molecule has 4 rings (SSSR count). The molecule has 0 N–H and O–H groups in total. The standard InChI is InChI=1S/C22H34N4O/c1-17-15-19(25-13-11-24(2)12-14-25)16-20(23-17)21-9-6-10-26(21)22(27)18-7-4-3-5-8-18/h15-16,18,21H,3-14H2,1-2H3/t21-/m1/s1. The Balaban J connectivity index is 1.53. The van der Waals surface area contributed by atoms with Gasteiger partial charge in [-0.1, -0.05) is 19.3 Å². The van der Waals surface area contributed by atoms with Crippen LogP contribution in [0.15, 0.2) is 12.1 Å². The Morgan fingerprint density at radius 1 is 0.963 bits per heavy atom. The van der Waals surface area contributed by atoms with Crippen molar-refractivity contribution in [1.82, 2.24) is 14.8 Å². The van der Waals surface area contributed by atoms with E-state index in [4.69, 9.17) is 4.98 Å². The first-order valence-corrected chi connectivity index (χ1v) is 10.8. The van der Waals surface area contributed by atoms with Crippen molar-refractivity contribution in [3.63, 3.8) is 0 Å². The van der Waals surface area contributed by atoms with Crippen molar-refractivity contribution in [2.75, 3.05) is 44.7 Å². The van der Waals surface area contributed by atoms with Crippen LogP contribution in [0.2, 0.25) is 0 Å². The van der Waals surface area contributed by atoms with Gasteiger partial charge in [-0.3, -0.25) is 9.78 Å². The molecule has 2 aliphatic heterocycles. The van der Waals surface area contributed by atoms with E-state index in [1.807, 2.05) is 0 Å². The fourth-order valence-corrected chi connectivity index (χ4v) is 5.02. The monoisotopic (exact) mass is 370 g/mol. The number of rotatable bonds is 3. The zero-order valence-corrected chi connectivity index (χ0v) is 17.0. The third-order valence-corrected chi connectivity index (χ3v) is 6.66. The summed E-state index contributed by atoms with van der Waals surface area (Å²) in [6, 6.07) is 4.64. The van der Waals surface area contributed by atoms with Crippen LogP contribution in [0.1, 0.15) is 62.4 Å². The lowest BCUT2D eigenvalue weighted by molar-refractivity contribution is -0.137. The third-order valence-electron chi connectivity index (χ3n) is 6.66. The lowest BCUT2D eigenvalue weighted by atomic mass is 9.88. The summed E-state index contributed by atoms with van der Waals surface area (Å²) in [4.78, 5) is 25.1. The zero-order chi connectivity index (χ0) is 18.8. The van der Waals surface area contributed by atoms with Gasteiger partial charge in [-0.25, -0.2) is 0 Å². The molecule has 1 amide bonds. The summed E-state index contributed by atoms with van der Waals surface area (Å²) in [6.45, 7) is 7.33. The fourth-order valence-electron chi connectivity index (χ4n) is 5.02. The van der Waals surface area contributed by atoms with E-state index in [2.05, 4.69) is 40.8 Å². The van der Waals surface area contributed by atoms with Crippen LogP contribution in [0.4, 0.5) is 5.69 Å². The van der Waals surface area contributed by atoms with Crippen LogP contribution < -0.4 is 4.90 Å². The average molecular weight is 371 g/mol. The minimum Gasteiger partial charge on any atom is -0.369 e. The molecule has 1 aromatic heterocycles. The van der Waals surface area contributed by atoms with Gasteiger partial charge in [0.15, 0.2) is 0 Å². The first-order valence-electron chi connectivity index (χ1n) is 10.8. The SMILES string of the molecule is Cc1cc(N2CCN(C)CC2)cc([C@H]2CCCN2C(=O)C2CCCCC2)n1. The Bertz CT molecular complexity index is 662. The lowest BCUT2D eigenvalue weighted by Gasteiger charge is -2.35. The van der Waals surface area contributed by atoms with Crippen molar-refractivity contribution in [3.05, 3.63) is 23.5 Å². The van der Waals surface area contributed by atoms with E-state index in [1.165, 1.54) is 24.9 Å². The number of hydrogen-bond acceptors (Lipinski definition) is 4. The number of hydrogen-bond donors (Lipinski definition) is 0. The highest BCUT2D eigenvalue weighted by Gasteiger charge is 2.35. The molecule has 1 aromatic rings. The number of likely N-dealkylation sites (tertiary alicyclic amines) is 1. The predicted molar refractivity (Wildman–Crippen MR) is 109 cm³/mol. The lowest BCUT2D eigenvalue weighted by Crippen LogP contribution is -2.44. The Labute approximate surface area is 163 Å². The second kappa shape index (κ2) is 8.17. The number of nitrogens with zero attached hydrogens (tertiary/aromatic N) is 4. The van der Waals surface area contributed by atoms with E-state index in [0.29, 0.717) is 5.91 Å². The van der Waals surface area contributed by atoms with Gasteiger partial charge < -0.3 is 14.7 Å². The smallest absolute Gasteiger partial charge is 0.226 e. The molecular weight excluding hydrogens is 336 g/mol. The first-order chi connectivity index (χ1) is 13.1. The molecule has 3 heterocycles. The third kappa shape index (κ3) is 4.13. The predicted octanol–water partition coefficient (Wildman–Crippen LogP) is 3.39. The summed E-state index contributed by atoms with van der Waals surface area (Å²) in [5.74, 6) is 0.642. The number of amides is 1. The van der Waals surface area contributed by atoms with Gasteiger partial charge in [0.05, 0.1) is 11.7 Å². The molecule has 148 valence electrons. The molecule has 27 heavy (non-hydrogen) atoms. The molecule has 0 spiro atoms. The average Bonchev–Trinajstić information content (AvgIpc) is 3.18. The summed E-state index contributed by atoms with van der Waals surface area (Å²) >= 11 is 0. The van der Waals surface area contributed by atoms with Crippen molar-refractivity contribution < 1.29 is 4.79 Å². The number of pyridine rings is 1. The van der Waals surface area contributed by atoms with E-state index >= 15 is 0 Å². The maximum absolute atomic E-state index is 13.2. The summed E-state index contributed by atoms with van der Waals surface area (Å²) in [5, 5.41) is 0. The van der Waals surface area contributed by atoms with Crippen LogP contribution in [0.5, 0.6) is 0 Å². The molecule has 3 fully saturated rings. The number of piperazine rings is 1. The van der Waals surface area contributed by atoms with Crippen LogP contribution in [0, 0.1) is 12.8 Å². The molecule has 0 unspecified atom stereocenters. The van der Waals surface area contributed by atoms with E-state index < -0.39 is 0 Å². The van der Waals surface area contributed by atoms with Gasteiger partial charge in [0.1, 0.15) is 0 Å². The van der Waals surface area contributed by atoms with E-state index in [1.54, 1.807) is 0 Å². The second-order valence-electron chi connectivity index (χ2n) is 8.71. The maximum atomic E-state index is 13.2. The topological polar surface area (TPSA) is 39.7 Å². The van der Waals surface area contributed by atoms with Crippen molar-refractivity contribution in [1.29, 1.82) is 0 Å². The molecule has 2 saturated heterocycles. The molecule has 0 radical (unpaired) electrons. The minimum atomic E-state index is 0.172. The van der Waals surface area contributed by atoms with Gasteiger partial charge in [0.25, 0.3) is 0 Å². The number of aromatic nitrogens is 1. The fraction of sp³-hybridized carbons (Fsp3) is 0.727. The normalized spacial score (nSPS) is 25.2. The Morgan fingerprint density at radius 3 is 2.44 bits per heavy atom. The highest BCUT2D eigenvalue weighted by molar-refractivity contribution is 5.79. The highest BCUT2D eigenvalue weighted by Crippen LogP contribution is 2.36. The molecule has 3 aliphatic rings. The van der Waals surface area contributed by atoms with Crippen LogP contribution >= 0.6 is 0 Å². The Kier molecular flexibility index (Phi) is 5.67. The van der Waals surface area contributed by atoms with Gasteiger partial charge in [-0.2, -0.15) is 0 Å². The summed E-state index contributed by atoms with van der Waals surface area (Å²) in [6.07, 6.45) is 8.03. The largest absolute Gasteiger partial charge is 0.369 e. The van der Waals surface area contributed by atoms with E-state index in [0.717, 1.165) is 69.8 Å². The van der Waals surface area contributed by atoms with Crippen molar-refractivity contribution in [2.45, 2.75) is 57.9 Å². The van der Waals surface area contributed by atoms with Crippen molar-refractivity contribution in [3.8, 4) is 0 Å². The van der Waals surface area contributed by atoms with Crippen LogP contribution in [-0.2, 0) is 4.79 Å². The van der Waals surface area contributed by atoms with Gasteiger partial charge in [0, 0.05) is 50.0 Å². The van der Waals surface area contributed by atoms with Crippen LogP contribution in [-0.4, -0.2) is 60.5 Å². The Morgan fingerprint density at radius 2 is 1.70 bits per heavy atom. The van der Waals surface area contributed by atoms with Gasteiger partial charge >= 0.3 is 0 Å². The molecule has 1 aliphatic carbocycles. The van der Waals surface area contributed by atoms with Crippen LogP contribution in [0.25, 0.3) is 0 Å². The molecule has 1 saturated carbocycles. The summed E-state index contributed by atoms with van der Waals surface area (Å²) < 4.78 is 0. The van der Waals surface area contributed by atoms with E-state index in [9.17, 15) is 4.79 Å².